The summed E-state index contributed by atoms with van der Waals surface area (Å²) in [5.74, 6) is 0.399. The third-order valence-corrected chi connectivity index (χ3v) is 2.31. The molecule has 0 aliphatic heterocycles. The second-order valence-corrected chi connectivity index (χ2v) is 3.29. The van der Waals surface area contributed by atoms with Gasteiger partial charge in [0.25, 0.3) is 0 Å². The molecular weight excluding hydrogens is 136 g/mol. The lowest BCUT2D eigenvalue weighted by Crippen LogP contribution is -1.95. The van der Waals surface area contributed by atoms with Gasteiger partial charge >= 0.3 is 0 Å². The van der Waals surface area contributed by atoms with Gasteiger partial charge in [-0.05, 0) is 31.8 Å². The molecule has 1 aliphatic carbocycles. The zero-order chi connectivity index (χ0) is 8.27. The SMILES string of the molecule is CCC/C(C)=C1\CCCC1=O. The van der Waals surface area contributed by atoms with E-state index >= 15 is 0 Å². The molecule has 1 saturated carbocycles. The molecule has 0 N–H and O–H groups in total. The molecule has 0 aromatic rings. The number of rotatable bonds is 2. The highest BCUT2D eigenvalue weighted by Gasteiger charge is 2.18. The summed E-state index contributed by atoms with van der Waals surface area (Å²) >= 11 is 0. The van der Waals surface area contributed by atoms with Gasteiger partial charge in [-0.1, -0.05) is 18.9 Å². The molecule has 0 heterocycles. The second-order valence-electron chi connectivity index (χ2n) is 3.29. The highest BCUT2D eigenvalue weighted by atomic mass is 16.1. The fourth-order valence-electron chi connectivity index (χ4n) is 1.69. The normalized spacial score (nSPS) is 22.5. The van der Waals surface area contributed by atoms with Gasteiger partial charge in [0.05, 0.1) is 0 Å². The minimum Gasteiger partial charge on any atom is -0.295 e. The number of ketones is 1. The van der Waals surface area contributed by atoms with Crippen LogP contribution in [0.2, 0.25) is 0 Å². The zero-order valence-corrected chi connectivity index (χ0v) is 7.44. The van der Waals surface area contributed by atoms with Gasteiger partial charge in [-0.15, -0.1) is 0 Å². The van der Waals surface area contributed by atoms with E-state index in [4.69, 9.17) is 0 Å². The van der Waals surface area contributed by atoms with Crippen LogP contribution in [0.5, 0.6) is 0 Å². The molecule has 1 aliphatic rings. The number of Topliss-reactive ketones (excluding diaryl/α,β-unsaturated/α-hetero) is 1. The van der Waals surface area contributed by atoms with E-state index in [0.29, 0.717) is 5.78 Å². The Kier molecular flexibility index (Phi) is 2.86. The Labute approximate surface area is 68.5 Å². The molecule has 1 heteroatoms. The molecular formula is C10H16O. The Hall–Kier alpha value is -0.590. The maximum atomic E-state index is 11.2. The van der Waals surface area contributed by atoms with Crippen molar-refractivity contribution < 1.29 is 4.79 Å². The summed E-state index contributed by atoms with van der Waals surface area (Å²) in [7, 11) is 0. The molecule has 11 heavy (non-hydrogen) atoms. The van der Waals surface area contributed by atoms with Crippen molar-refractivity contribution in [3.8, 4) is 0 Å². The van der Waals surface area contributed by atoms with Crippen molar-refractivity contribution in [2.24, 2.45) is 0 Å². The lowest BCUT2D eigenvalue weighted by Gasteiger charge is -2.01. The maximum Gasteiger partial charge on any atom is 0.158 e. The van der Waals surface area contributed by atoms with Gasteiger partial charge in [-0.3, -0.25) is 4.79 Å². The Morgan fingerprint density at radius 1 is 1.45 bits per heavy atom. The Morgan fingerprint density at radius 3 is 2.64 bits per heavy atom. The smallest absolute Gasteiger partial charge is 0.158 e. The molecule has 0 aromatic carbocycles. The number of allylic oxidation sites excluding steroid dienone is 2. The standard InChI is InChI=1S/C10H16O/c1-3-5-8(2)9-6-4-7-10(9)11/h3-7H2,1-2H3/b9-8+. The van der Waals surface area contributed by atoms with Crippen LogP contribution in [0.15, 0.2) is 11.1 Å². The van der Waals surface area contributed by atoms with Gasteiger partial charge < -0.3 is 0 Å². The van der Waals surface area contributed by atoms with Gasteiger partial charge in [-0.25, -0.2) is 0 Å². The van der Waals surface area contributed by atoms with Crippen LogP contribution in [-0.4, -0.2) is 5.78 Å². The van der Waals surface area contributed by atoms with Gasteiger partial charge in [0, 0.05) is 6.42 Å². The van der Waals surface area contributed by atoms with E-state index in [1.165, 1.54) is 5.57 Å². The first kappa shape index (κ1) is 8.51. The second kappa shape index (κ2) is 3.70. The first-order chi connectivity index (χ1) is 5.25. The topological polar surface area (TPSA) is 17.1 Å². The van der Waals surface area contributed by atoms with Gasteiger partial charge in [-0.2, -0.15) is 0 Å². The van der Waals surface area contributed by atoms with Crippen LogP contribution in [0.4, 0.5) is 0 Å². The van der Waals surface area contributed by atoms with Crippen molar-refractivity contribution in [1.29, 1.82) is 0 Å². The monoisotopic (exact) mass is 152 g/mol. The molecule has 0 aromatic heterocycles. The van der Waals surface area contributed by atoms with Crippen molar-refractivity contribution in [3.63, 3.8) is 0 Å². The highest BCUT2D eigenvalue weighted by molar-refractivity contribution is 5.97. The first-order valence-electron chi connectivity index (χ1n) is 4.47. The third-order valence-electron chi connectivity index (χ3n) is 2.31. The minimum absolute atomic E-state index is 0.399. The molecule has 0 unspecified atom stereocenters. The van der Waals surface area contributed by atoms with Gasteiger partial charge in [0.1, 0.15) is 0 Å². The predicted molar refractivity (Wildman–Crippen MR) is 46.5 cm³/mol. The fourth-order valence-corrected chi connectivity index (χ4v) is 1.69. The van der Waals surface area contributed by atoms with Crippen LogP contribution in [0.25, 0.3) is 0 Å². The van der Waals surface area contributed by atoms with Gasteiger partial charge in [0.2, 0.25) is 0 Å². The van der Waals surface area contributed by atoms with E-state index in [2.05, 4.69) is 13.8 Å². The first-order valence-corrected chi connectivity index (χ1v) is 4.47. The van der Waals surface area contributed by atoms with E-state index in [-0.39, 0.29) is 0 Å². The van der Waals surface area contributed by atoms with E-state index < -0.39 is 0 Å². The Balaban J connectivity index is 2.68. The molecule has 0 saturated heterocycles. The average Bonchev–Trinajstić information content (AvgIpc) is 2.36. The highest BCUT2D eigenvalue weighted by Crippen LogP contribution is 2.25. The number of carbonyl (C=O) groups is 1. The largest absolute Gasteiger partial charge is 0.295 e. The number of carbonyl (C=O) groups excluding carboxylic acids is 1. The minimum atomic E-state index is 0.399. The van der Waals surface area contributed by atoms with Crippen LogP contribution in [0, 0.1) is 0 Å². The summed E-state index contributed by atoms with van der Waals surface area (Å²) in [6.45, 7) is 4.26. The van der Waals surface area contributed by atoms with E-state index in [9.17, 15) is 4.79 Å². The van der Waals surface area contributed by atoms with Crippen molar-refractivity contribution >= 4 is 5.78 Å². The average molecular weight is 152 g/mol. The van der Waals surface area contributed by atoms with E-state index in [1.54, 1.807) is 0 Å². The summed E-state index contributed by atoms with van der Waals surface area (Å²) in [6, 6.07) is 0. The number of hydrogen-bond donors (Lipinski definition) is 0. The van der Waals surface area contributed by atoms with Crippen LogP contribution in [0.3, 0.4) is 0 Å². The third kappa shape index (κ3) is 1.92. The molecule has 0 atom stereocenters. The predicted octanol–water partition coefficient (Wildman–Crippen LogP) is 2.86. The Morgan fingerprint density at radius 2 is 2.18 bits per heavy atom. The molecule has 0 bridgehead atoms. The van der Waals surface area contributed by atoms with Crippen LogP contribution >= 0.6 is 0 Å². The van der Waals surface area contributed by atoms with E-state index in [1.807, 2.05) is 0 Å². The Bertz CT molecular complexity index is 189. The maximum absolute atomic E-state index is 11.2. The molecule has 1 nitrogen and oxygen atoms in total. The van der Waals surface area contributed by atoms with Crippen LogP contribution in [-0.2, 0) is 4.79 Å². The summed E-state index contributed by atoms with van der Waals surface area (Å²) in [5, 5.41) is 0. The quantitative estimate of drug-likeness (QED) is 0.556. The van der Waals surface area contributed by atoms with E-state index in [0.717, 1.165) is 37.7 Å². The molecule has 0 spiro atoms. The lowest BCUT2D eigenvalue weighted by atomic mass is 10.0. The van der Waals surface area contributed by atoms with Crippen molar-refractivity contribution in [2.75, 3.05) is 0 Å². The molecule has 0 radical (unpaired) electrons. The van der Waals surface area contributed by atoms with Crippen molar-refractivity contribution in [2.45, 2.75) is 46.0 Å². The molecule has 1 rings (SSSR count). The van der Waals surface area contributed by atoms with Gasteiger partial charge in [0.15, 0.2) is 5.78 Å². The van der Waals surface area contributed by atoms with Crippen molar-refractivity contribution in [1.82, 2.24) is 0 Å². The summed E-state index contributed by atoms with van der Waals surface area (Å²) in [4.78, 5) is 11.2. The molecule has 62 valence electrons. The lowest BCUT2D eigenvalue weighted by molar-refractivity contribution is -0.114. The summed E-state index contributed by atoms with van der Waals surface area (Å²) in [5.41, 5.74) is 2.46. The zero-order valence-electron chi connectivity index (χ0n) is 7.44. The van der Waals surface area contributed by atoms with Crippen LogP contribution < -0.4 is 0 Å². The number of hydrogen-bond acceptors (Lipinski definition) is 1. The molecule has 1 fully saturated rings. The molecule has 0 amide bonds. The fraction of sp³-hybridized carbons (Fsp3) is 0.700. The van der Waals surface area contributed by atoms with Crippen LogP contribution in [0.1, 0.15) is 46.0 Å². The van der Waals surface area contributed by atoms with Crippen molar-refractivity contribution in [3.05, 3.63) is 11.1 Å². The summed E-state index contributed by atoms with van der Waals surface area (Å²) < 4.78 is 0. The summed E-state index contributed by atoms with van der Waals surface area (Å²) in [6.07, 6.45) is 5.15.